The predicted octanol–water partition coefficient (Wildman–Crippen LogP) is 3.48. The molecule has 2 nitrogen and oxygen atoms in total. The smallest absolute Gasteiger partial charge is 0.223 e. The molecular formula is C15H14FNO. The van der Waals surface area contributed by atoms with Crippen molar-refractivity contribution in [2.45, 2.75) is 6.92 Å². The molecule has 0 heterocycles. The van der Waals surface area contributed by atoms with E-state index in [4.69, 9.17) is 0 Å². The fourth-order valence-electron chi connectivity index (χ4n) is 1.74. The molecule has 92 valence electrons. The Morgan fingerprint density at radius 3 is 2.22 bits per heavy atom. The van der Waals surface area contributed by atoms with Gasteiger partial charge in [-0.3, -0.25) is 4.79 Å². The third kappa shape index (κ3) is 2.40. The van der Waals surface area contributed by atoms with Crippen LogP contribution in [0.5, 0.6) is 0 Å². The fourth-order valence-corrected chi connectivity index (χ4v) is 1.74. The number of rotatable bonds is 2. The average molecular weight is 243 g/mol. The normalized spacial score (nSPS) is 10.2. The Hall–Kier alpha value is -2.16. The van der Waals surface area contributed by atoms with Crippen molar-refractivity contribution < 1.29 is 9.18 Å². The van der Waals surface area contributed by atoms with Gasteiger partial charge >= 0.3 is 0 Å². The van der Waals surface area contributed by atoms with Gasteiger partial charge in [-0.25, -0.2) is 4.39 Å². The lowest BCUT2D eigenvalue weighted by Gasteiger charge is -2.15. The molecule has 0 unspecified atom stereocenters. The molecule has 0 aliphatic carbocycles. The van der Waals surface area contributed by atoms with Gasteiger partial charge in [0.15, 0.2) is 0 Å². The van der Waals surface area contributed by atoms with E-state index in [1.807, 2.05) is 24.3 Å². The van der Waals surface area contributed by atoms with Gasteiger partial charge in [0.2, 0.25) is 5.91 Å². The number of anilines is 1. The topological polar surface area (TPSA) is 20.3 Å². The number of amides is 1. The van der Waals surface area contributed by atoms with E-state index in [1.54, 1.807) is 30.1 Å². The van der Waals surface area contributed by atoms with Crippen molar-refractivity contribution in [3.8, 4) is 11.1 Å². The minimum atomic E-state index is -0.245. The molecule has 0 aliphatic rings. The molecule has 18 heavy (non-hydrogen) atoms. The minimum Gasteiger partial charge on any atom is -0.316 e. The molecule has 0 aliphatic heterocycles. The summed E-state index contributed by atoms with van der Waals surface area (Å²) in [4.78, 5) is 12.8. The van der Waals surface area contributed by atoms with E-state index in [9.17, 15) is 9.18 Å². The Morgan fingerprint density at radius 2 is 1.67 bits per heavy atom. The highest BCUT2D eigenvalue weighted by Crippen LogP contribution is 2.24. The zero-order valence-corrected chi connectivity index (χ0v) is 10.4. The lowest BCUT2D eigenvalue weighted by atomic mass is 10.0. The van der Waals surface area contributed by atoms with E-state index >= 15 is 0 Å². The van der Waals surface area contributed by atoms with Gasteiger partial charge in [0.1, 0.15) is 5.82 Å². The van der Waals surface area contributed by atoms with Crippen LogP contribution in [0.25, 0.3) is 11.1 Å². The first-order chi connectivity index (χ1) is 8.59. The van der Waals surface area contributed by atoms with Crippen LogP contribution >= 0.6 is 0 Å². The molecule has 0 aromatic heterocycles. The molecule has 0 saturated heterocycles. The van der Waals surface area contributed by atoms with Gasteiger partial charge in [0.25, 0.3) is 0 Å². The second-order valence-corrected chi connectivity index (χ2v) is 4.10. The Morgan fingerprint density at radius 1 is 1.06 bits per heavy atom. The van der Waals surface area contributed by atoms with Crippen LogP contribution in [0.3, 0.4) is 0 Å². The van der Waals surface area contributed by atoms with Crippen LogP contribution in [0.15, 0.2) is 48.5 Å². The second-order valence-electron chi connectivity index (χ2n) is 4.10. The molecule has 0 fully saturated rings. The number of nitrogens with zero attached hydrogens (tertiary/aromatic N) is 1. The second kappa shape index (κ2) is 5.00. The molecule has 0 radical (unpaired) electrons. The third-order valence-corrected chi connectivity index (χ3v) is 2.91. The largest absolute Gasteiger partial charge is 0.316 e. The summed E-state index contributed by atoms with van der Waals surface area (Å²) in [5.41, 5.74) is 2.16. The summed E-state index contributed by atoms with van der Waals surface area (Å²) in [5, 5.41) is 0. The van der Waals surface area contributed by atoms with Crippen LogP contribution in [0.1, 0.15) is 6.92 Å². The molecule has 0 bridgehead atoms. The highest BCUT2D eigenvalue weighted by molar-refractivity contribution is 5.91. The average Bonchev–Trinajstić information content (AvgIpc) is 2.38. The maximum Gasteiger partial charge on any atom is 0.223 e. The molecule has 2 aromatic carbocycles. The van der Waals surface area contributed by atoms with Gasteiger partial charge < -0.3 is 4.90 Å². The maximum atomic E-state index is 13.6. The minimum absolute atomic E-state index is 0.0337. The monoisotopic (exact) mass is 243 g/mol. The molecule has 0 saturated carbocycles. The van der Waals surface area contributed by atoms with Crippen LogP contribution in [0.4, 0.5) is 10.1 Å². The highest BCUT2D eigenvalue weighted by Gasteiger charge is 2.07. The van der Waals surface area contributed by atoms with E-state index in [1.165, 1.54) is 13.0 Å². The van der Waals surface area contributed by atoms with Gasteiger partial charge in [-0.05, 0) is 23.8 Å². The number of carbonyl (C=O) groups excluding carboxylic acids is 1. The van der Waals surface area contributed by atoms with Crippen molar-refractivity contribution in [1.29, 1.82) is 0 Å². The first-order valence-electron chi connectivity index (χ1n) is 5.69. The van der Waals surface area contributed by atoms with Crippen LogP contribution < -0.4 is 4.90 Å². The predicted molar refractivity (Wildman–Crippen MR) is 70.9 cm³/mol. The Balaban J connectivity index is 2.34. The summed E-state index contributed by atoms with van der Waals surface area (Å²) in [5.74, 6) is -0.279. The maximum absolute atomic E-state index is 13.6. The number of benzene rings is 2. The van der Waals surface area contributed by atoms with Gasteiger partial charge in [-0.1, -0.05) is 30.3 Å². The van der Waals surface area contributed by atoms with Gasteiger partial charge in [-0.2, -0.15) is 0 Å². The van der Waals surface area contributed by atoms with E-state index in [0.29, 0.717) is 5.56 Å². The van der Waals surface area contributed by atoms with Gasteiger partial charge in [0, 0.05) is 25.2 Å². The molecule has 1 amide bonds. The van der Waals surface area contributed by atoms with Crippen LogP contribution in [-0.4, -0.2) is 13.0 Å². The number of hydrogen-bond acceptors (Lipinski definition) is 1. The first-order valence-corrected chi connectivity index (χ1v) is 5.69. The summed E-state index contributed by atoms with van der Waals surface area (Å²) < 4.78 is 13.6. The molecular weight excluding hydrogens is 229 g/mol. The summed E-state index contributed by atoms with van der Waals surface area (Å²) >= 11 is 0. The van der Waals surface area contributed by atoms with E-state index in [2.05, 4.69) is 0 Å². The summed E-state index contributed by atoms with van der Waals surface area (Å²) in [6.07, 6.45) is 0. The van der Waals surface area contributed by atoms with Crippen molar-refractivity contribution in [2.75, 3.05) is 11.9 Å². The quantitative estimate of drug-likeness (QED) is 0.790. The lowest BCUT2D eigenvalue weighted by molar-refractivity contribution is -0.116. The number of hydrogen-bond donors (Lipinski definition) is 0. The van der Waals surface area contributed by atoms with E-state index in [0.717, 1.165) is 11.3 Å². The molecule has 2 aromatic rings. The number of halogens is 1. The van der Waals surface area contributed by atoms with Crippen molar-refractivity contribution in [3.05, 3.63) is 54.3 Å². The van der Waals surface area contributed by atoms with Crippen LogP contribution in [0, 0.1) is 5.82 Å². The summed E-state index contributed by atoms with van der Waals surface area (Å²) in [7, 11) is 1.71. The fraction of sp³-hybridized carbons (Fsp3) is 0.133. The van der Waals surface area contributed by atoms with Gasteiger partial charge in [-0.15, -0.1) is 0 Å². The van der Waals surface area contributed by atoms with Gasteiger partial charge in [0.05, 0.1) is 0 Å². The molecule has 0 spiro atoms. The SMILES string of the molecule is CC(=O)N(C)c1ccc(-c2ccccc2F)cc1. The summed E-state index contributed by atoms with van der Waals surface area (Å²) in [6, 6.07) is 13.9. The molecule has 3 heteroatoms. The Kier molecular flexibility index (Phi) is 3.42. The molecule has 2 rings (SSSR count). The van der Waals surface area contributed by atoms with Crippen molar-refractivity contribution >= 4 is 11.6 Å². The van der Waals surface area contributed by atoms with Crippen LogP contribution in [0.2, 0.25) is 0 Å². The van der Waals surface area contributed by atoms with E-state index < -0.39 is 0 Å². The summed E-state index contributed by atoms with van der Waals surface area (Å²) in [6.45, 7) is 1.50. The van der Waals surface area contributed by atoms with E-state index in [-0.39, 0.29) is 11.7 Å². The zero-order chi connectivity index (χ0) is 13.1. The molecule has 0 atom stereocenters. The van der Waals surface area contributed by atoms with Crippen molar-refractivity contribution in [1.82, 2.24) is 0 Å². The molecule has 0 N–H and O–H groups in total. The first kappa shape index (κ1) is 12.3. The standard InChI is InChI=1S/C15H14FNO/c1-11(18)17(2)13-9-7-12(8-10-13)14-5-3-4-6-15(14)16/h3-10H,1-2H3. The van der Waals surface area contributed by atoms with Crippen molar-refractivity contribution in [2.24, 2.45) is 0 Å². The Bertz CT molecular complexity index is 563. The lowest BCUT2D eigenvalue weighted by Crippen LogP contribution is -2.22. The van der Waals surface area contributed by atoms with Crippen molar-refractivity contribution in [3.63, 3.8) is 0 Å². The Labute approximate surface area is 106 Å². The third-order valence-electron chi connectivity index (χ3n) is 2.91. The zero-order valence-electron chi connectivity index (χ0n) is 10.4. The number of carbonyl (C=O) groups is 1. The van der Waals surface area contributed by atoms with Crippen LogP contribution in [-0.2, 0) is 4.79 Å². The highest BCUT2D eigenvalue weighted by atomic mass is 19.1.